The second-order valence-electron chi connectivity index (χ2n) is 1.25. The van der Waals surface area contributed by atoms with Gasteiger partial charge >= 0.3 is 5.97 Å². The van der Waals surface area contributed by atoms with Crippen LogP contribution >= 0.6 is 0 Å². The molecule has 0 aromatic rings. The van der Waals surface area contributed by atoms with Gasteiger partial charge in [0.2, 0.25) is 0 Å². The number of aliphatic carboxylic acids is 1. The van der Waals surface area contributed by atoms with Gasteiger partial charge in [-0.05, 0) is 6.54 Å². The third-order valence-corrected chi connectivity index (χ3v) is 0.589. The molecular formula is C3H8BNO2. The van der Waals surface area contributed by atoms with Crippen LogP contribution in [0.15, 0.2) is 0 Å². The molecule has 0 atom stereocenters. The van der Waals surface area contributed by atoms with Gasteiger partial charge < -0.3 is 10.3 Å². The number of nitrogens with one attached hydrogen (secondary N) is 1. The number of hydrogen-bond acceptors (Lipinski definition) is 2. The Morgan fingerprint density at radius 1 is 1.86 bits per heavy atom. The molecular weight excluding hydrogens is 92.8 g/mol. The highest BCUT2D eigenvalue weighted by atomic mass is 16.4. The van der Waals surface area contributed by atoms with Gasteiger partial charge in [-0.15, -0.1) is 0 Å². The Kier molecular flexibility index (Phi) is 3.41. The van der Waals surface area contributed by atoms with Gasteiger partial charge in [0.25, 0.3) is 0 Å². The van der Waals surface area contributed by atoms with Crippen LogP contribution < -0.4 is 5.23 Å². The fourth-order valence-electron chi connectivity index (χ4n) is 0.232. The maximum absolute atomic E-state index is 9.72. The molecule has 0 aliphatic rings. The summed E-state index contributed by atoms with van der Waals surface area (Å²) in [5, 5.41) is 10.7. The van der Waals surface area contributed by atoms with E-state index in [2.05, 4.69) is 5.23 Å². The molecule has 0 rings (SSSR count). The molecule has 0 saturated carbocycles. The molecule has 0 aromatic carbocycles. The Bertz CT molecular complexity index is 66.0. The first kappa shape index (κ1) is 6.49. The molecule has 0 fully saturated rings. The summed E-state index contributed by atoms with van der Waals surface area (Å²) in [6.07, 6.45) is 0.205. The van der Waals surface area contributed by atoms with Gasteiger partial charge in [0.05, 0.1) is 6.42 Å². The molecule has 40 valence electrons. The summed E-state index contributed by atoms with van der Waals surface area (Å²) in [5.74, 6) is -0.755. The first-order valence-electron chi connectivity index (χ1n) is 2.13. The SMILES string of the molecule is BNCCC(=O)O. The number of hydrogen-bond donors (Lipinski definition) is 2. The summed E-state index contributed by atoms with van der Waals surface area (Å²) in [6, 6.07) is 0. The van der Waals surface area contributed by atoms with E-state index in [1.807, 2.05) is 0 Å². The molecule has 4 heteroatoms. The van der Waals surface area contributed by atoms with Crippen molar-refractivity contribution in [2.24, 2.45) is 0 Å². The van der Waals surface area contributed by atoms with Crippen molar-refractivity contribution in [1.82, 2.24) is 5.23 Å². The average molecular weight is 101 g/mol. The minimum absolute atomic E-state index is 0.205. The van der Waals surface area contributed by atoms with Crippen LogP contribution in [0.4, 0.5) is 0 Å². The number of carbonyl (C=O) groups is 1. The highest BCUT2D eigenvalue weighted by Gasteiger charge is 1.90. The van der Waals surface area contributed by atoms with Gasteiger partial charge in [-0.3, -0.25) is 4.79 Å². The van der Waals surface area contributed by atoms with Crippen LogP contribution in [0.2, 0.25) is 0 Å². The Balaban J connectivity index is 2.82. The Labute approximate surface area is 43.1 Å². The van der Waals surface area contributed by atoms with Crippen molar-refractivity contribution in [1.29, 1.82) is 0 Å². The molecule has 0 aromatic heterocycles. The average Bonchev–Trinajstić information content (AvgIpc) is 1.61. The molecule has 0 spiro atoms. The number of carboxylic acids is 1. The molecule has 0 bridgehead atoms. The normalized spacial score (nSPS) is 8.57. The molecule has 3 nitrogen and oxygen atoms in total. The van der Waals surface area contributed by atoms with E-state index in [1.165, 1.54) is 0 Å². The van der Waals surface area contributed by atoms with Crippen molar-refractivity contribution in [3.63, 3.8) is 0 Å². The lowest BCUT2D eigenvalue weighted by molar-refractivity contribution is -0.136. The lowest BCUT2D eigenvalue weighted by Crippen LogP contribution is -2.13. The Hall–Kier alpha value is -0.505. The fourth-order valence-corrected chi connectivity index (χ4v) is 0.232. The van der Waals surface area contributed by atoms with Gasteiger partial charge in [-0.1, -0.05) is 0 Å². The largest absolute Gasteiger partial charge is 0.481 e. The van der Waals surface area contributed by atoms with Crippen LogP contribution in [0.25, 0.3) is 0 Å². The standard InChI is InChI=1S/C3H8BNO2/c4-5-2-1-3(6)7/h5H,1-2,4H2,(H,6,7). The smallest absolute Gasteiger partial charge is 0.304 e. The van der Waals surface area contributed by atoms with E-state index in [0.717, 1.165) is 0 Å². The molecule has 0 aliphatic heterocycles. The van der Waals surface area contributed by atoms with Crippen LogP contribution in [0, 0.1) is 0 Å². The quantitative estimate of drug-likeness (QED) is 0.429. The molecule has 0 unspecified atom stereocenters. The monoisotopic (exact) mass is 101 g/mol. The van der Waals surface area contributed by atoms with Crippen LogP contribution in [0.1, 0.15) is 6.42 Å². The van der Waals surface area contributed by atoms with E-state index in [4.69, 9.17) is 5.11 Å². The number of carboxylic acid groups (broad SMARTS) is 1. The fraction of sp³-hybridized carbons (Fsp3) is 0.667. The first-order valence-corrected chi connectivity index (χ1v) is 2.13. The molecule has 0 amide bonds. The minimum Gasteiger partial charge on any atom is -0.481 e. The van der Waals surface area contributed by atoms with Crippen molar-refractivity contribution in [2.45, 2.75) is 6.42 Å². The summed E-state index contributed by atoms with van der Waals surface area (Å²) in [6.45, 7) is 0.551. The summed E-state index contributed by atoms with van der Waals surface area (Å²) >= 11 is 0. The van der Waals surface area contributed by atoms with E-state index in [1.54, 1.807) is 7.98 Å². The van der Waals surface area contributed by atoms with Crippen LogP contribution in [0.5, 0.6) is 0 Å². The zero-order valence-electron chi connectivity index (χ0n) is 4.27. The minimum atomic E-state index is -0.755. The molecule has 2 N–H and O–H groups in total. The van der Waals surface area contributed by atoms with Crippen molar-refractivity contribution in [3.05, 3.63) is 0 Å². The summed E-state index contributed by atoms with van der Waals surface area (Å²) in [7, 11) is 1.73. The molecule has 0 radical (unpaired) electrons. The summed E-state index contributed by atoms with van der Waals surface area (Å²) < 4.78 is 0. The highest BCUT2D eigenvalue weighted by Crippen LogP contribution is 1.70. The maximum Gasteiger partial charge on any atom is 0.304 e. The van der Waals surface area contributed by atoms with E-state index >= 15 is 0 Å². The van der Waals surface area contributed by atoms with E-state index in [-0.39, 0.29) is 6.42 Å². The van der Waals surface area contributed by atoms with Gasteiger partial charge in [0.15, 0.2) is 7.98 Å². The van der Waals surface area contributed by atoms with Crippen molar-refractivity contribution < 1.29 is 9.90 Å². The molecule has 0 saturated heterocycles. The van der Waals surface area contributed by atoms with E-state index < -0.39 is 5.97 Å². The van der Waals surface area contributed by atoms with Crippen LogP contribution in [-0.4, -0.2) is 25.6 Å². The lowest BCUT2D eigenvalue weighted by atomic mass is 10.3. The van der Waals surface area contributed by atoms with Crippen molar-refractivity contribution >= 4 is 14.0 Å². The van der Waals surface area contributed by atoms with E-state index in [0.29, 0.717) is 6.54 Å². The van der Waals surface area contributed by atoms with Gasteiger partial charge in [0, 0.05) is 0 Å². The molecule has 0 aliphatic carbocycles. The lowest BCUT2D eigenvalue weighted by Gasteiger charge is -1.88. The Morgan fingerprint density at radius 2 is 2.43 bits per heavy atom. The second kappa shape index (κ2) is 3.68. The summed E-state index contributed by atoms with van der Waals surface area (Å²) in [4.78, 5) is 9.72. The van der Waals surface area contributed by atoms with Gasteiger partial charge in [0.1, 0.15) is 0 Å². The van der Waals surface area contributed by atoms with Gasteiger partial charge in [-0.2, -0.15) is 0 Å². The summed E-state index contributed by atoms with van der Waals surface area (Å²) in [5.41, 5.74) is 0. The first-order chi connectivity index (χ1) is 3.27. The third-order valence-electron chi connectivity index (χ3n) is 0.589. The molecule has 0 heterocycles. The zero-order valence-corrected chi connectivity index (χ0v) is 4.27. The van der Waals surface area contributed by atoms with Crippen molar-refractivity contribution in [2.75, 3.05) is 6.54 Å². The Morgan fingerprint density at radius 3 is 2.57 bits per heavy atom. The second-order valence-corrected chi connectivity index (χ2v) is 1.25. The third kappa shape index (κ3) is 5.49. The molecule has 7 heavy (non-hydrogen) atoms. The van der Waals surface area contributed by atoms with Crippen LogP contribution in [-0.2, 0) is 4.79 Å². The predicted molar refractivity (Wildman–Crippen MR) is 28.8 cm³/mol. The van der Waals surface area contributed by atoms with Crippen molar-refractivity contribution in [3.8, 4) is 0 Å². The zero-order chi connectivity index (χ0) is 5.70. The van der Waals surface area contributed by atoms with E-state index in [9.17, 15) is 4.79 Å². The van der Waals surface area contributed by atoms with Crippen LogP contribution in [0.3, 0.4) is 0 Å². The number of rotatable bonds is 3. The topological polar surface area (TPSA) is 49.3 Å². The predicted octanol–water partition coefficient (Wildman–Crippen LogP) is -1.40. The maximum atomic E-state index is 9.72. The highest BCUT2D eigenvalue weighted by molar-refractivity contribution is 6.04. The van der Waals surface area contributed by atoms with Gasteiger partial charge in [-0.25, -0.2) is 0 Å².